The highest BCUT2D eigenvalue weighted by Gasteiger charge is 2.30. The largest absolute Gasteiger partial charge is 0.365 e. The van der Waals surface area contributed by atoms with Crippen LogP contribution in [0.15, 0.2) is 24.3 Å². The molecule has 2 heterocycles. The number of rotatable bonds is 5. The number of carbonyl (C=O) groups is 3. The van der Waals surface area contributed by atoms with Crippen molar-refractivity contribution in [3.05, 3.63) is 51.4 Å². The van der Waals surface area contributed by atoms with E-state index in [1.54, 1.807) is 24.3 Å². The molecule has 1 aromatic heterocycles. The van der Waals surface area contributed by atoms with Crippen molar-refractivity contribution in [1.29, 1.82) is 0 Å². The monoisotopic (exact) mass is 386 g/mol. The normalized spacial score (nSPS) is 16.1. The van der Waals surface area contributed by atoms with Gasteiger partial charge >= 0.3 is 0 Å². The summed E-state index contributed by atoms with van der Waals surface area (Å²) in [5.41, 5.74) is 8.00. The maximum atomic E-state index is 12.6. The van der Waals surface area contributed by atoms with Gasteiger partial charge in [-0.25, -0.2) is 0 Å². The summed E-state index contributed by atoms with van der Waals surface area (Å²) in [6.07, 6.45) is 0.779. The van der Waals surface area contributed by atoms with Crippen LogP contribution >= 0.6 is 11.3 Å². The van der Waals surface area contributed by atoms with Gasteiger partial charge in [-0.05, 0) is 38.5 Å². The molecular weight excluding hydrogens is 362 g/mol. The van der Waals surface area contributed by atoms with E-state index < -0.39 is 5.91 Å². The Hall–Kier alpha value is -2.51. The molecule has 0 fully saturated rings. The Bertz CT molecular complexity index is 900. The Morgan fingerprint density at radius 3 is 2.33 bits per heavy atom. The first-order chi connectivity index (χ1) is 12.8. The van der Waals surface area contributed by atoms with Crippen LogP contribution < -0.4 is 16.0 Å². The van der Waals surface area contributed by atoms with Gasteiger partial charge in [-0.15, -0.1) is 11.3 Å². The van der Waals surface area contributed by atoms with Gasteiger partial charge in [0.1, 0.15) is 11.5 Å². The molecule has 0 bridgehead atoms. The number of hydrogen-bond acceptors (Lipinski definition) is 4. The van der Waals surface area contributed by atoms with Crippen LogP contribution in [0.25, 0.3) is 0 Å². The van der Waals surface area contributed by atoms with E-state index in [0.717, 1.165) is 30.0 Å². The predicted molar refractivity (Wildman–Crippen MR) is 106 cm³/mol. The highest BCUT2D eigenvalue weighted by Crippen LogP contribution is 2.34. The first-order valence-corrected chi connectivity index (χ1v) is 9.80. The third-order valence-corrected chi connectivity index (χ3v) is 6.17. The maximum absolute atomic E-state index is 12.6. The number of primary amides is 1. The highest BCUT2D eigenvalue weighted by atomic mass is 32.1. The molecule has 1 aliphatic heterocycles. The number of benzene rings is 1. The van der Waals surface area contributed by atoms with Gasteiger partial charge in [-0.1, -0.05) is 12.1 Å². The van der Waals surface area contributed by atoms with Crippen LogP contribution in [0.3, 0.4) is 0 Å². The lowest BCUT2D eigenvalue weighted by Gasteiger charge is -2.27. The van der Waals surface area contributed by atoms with Crippen molar-refractivity contribution in [3.63, 3.8) is 0 Å². The van der Waals surface area contributed by atoms with Gasteiger partial charge in [0.15, 0.2) is 5.78 Å². The molecule has 2 aromatic rings. The lowest BCUT2D eigenvalue weighted by molar-refractivity contribution is -0.936. The van der Waals surface area contributed by atoms with Crippen LogP contribution in [-0.2, 0) is 13.0 Å². The number of nitrogens with two attached hydrogens (primary N) is 1. The number of Topliss-reactive ketones (excluding diaryl/α,β-unsaturated/α-hetero) is 1. The minimum atomic E-state index is -0.511. The van der Waals surface area contributed by atoms with Crippen LogP contribution in [0.1, 0.15) is 62.3 Å². The van der Waals surface area contributed by atoms with Crippen LogP contribution in [-0.4, -0.2) is 30.2 Å². The fraction of sp³-hybridized carbons (Fsp3) is 0.350. The van der Waals surface area contributed by atoms with Gasteiger partial charge in [0, 0.05) is 17.5 Å². The van der Waals surface area contributed by atoms with Crippen molar-refractivity contribution < 1.29 is 19.3 Å². The lowest BCUT2D eigenvalue weighted by Crippen LogP contribution is -3.14. The molecule has 1 aliphatic rings. The standard InChI is InChI=1S/C20H23N3O3S/c1-11(2)23-9-8-15-16(10-23)27-20(17(15)18(21)25)22-19(26)14-6-4-13(5-7-14)12(3)24/h4-7,11H,8-10H2,1-3H3,(H2,21,25)(H,22,26)/p+1. The molecule has 0 saturated carbocycles. The summed E-state index contributed by atoms with van der Waals surface area (Å²) >= 11 is 1.43. The van der Waals surface area contributed by atoms with Gasteiger partial charge in [-0.2, -0.15) is 0 Å². The fourth-order valence-electron chi connectivity index (χ4n) is 3.37. The van der Waals surface area contributed by atoms with Crippen molar-refractivity contribution in [3.8, 4) is 0 Å². The van der Waals surface area contributed by atoms with E-state index in [2.05, 4.69) is 19.2 Å². The molecule has 1 unspecified atom stereocenters. The molecule has 7 heteroatoms. The molecule has 1 aromatic carbocycles. The zero-order chi connectivity index (χ0) is 19.7. The Balaban J connectivity index is 1.87. The van der Waals surface area contributed by atoms with Crippen molar-refractivity contribution in [2.75, 3.05) is 11.9 Å². The SMILES string of the molecule is CC(=O)c1ccc(C(=O)Nc2sc3c(c2C(N)=O)CC[NH+](C(C)C)C3)cc1. The smallest absolute Gasteiger partial charge is 0.256 e. The molecular formula is C20H24N3O3S+. The molecule has 4 N–H and O–H groups in total. The zero-order valence-corrected chi connectivity index (χ0v) is 16.5. The van der Waals surface area contributed by atoms with E-state index in [4.69, 9.17) is 5.73 Å². The summed E-state index contributed by atoms with van der Waals surface area (Å²) in [5.74, 6) is -0.886. The molecule has 0 saturated heterocycles. The average Bonchev–Trinajstić information content (AvgIpc) is 2.98. The number of quaternary nitrogens is 1. The number of ketones is 1. The van der Waals surface area contributed by atoms with E-state index in [1.807, 2.05) is 0 Å². The number of anilines is 1. The van der Waals surface area contributed by atoms with Crippen molar-refractivity contribution in [1.82, 2.24) is 0 Å². The van der Waals surface area contributed by atoms with E-state index in [9.17, 15) is 14.4 Å². The minimum Gasteiger partial charge on any atom is -0.365 e. The number of thiophene rings is 1. The summed E-state index contributed by atoms with van der Waals surface area (Å²) in [6.45, 7) is 7.61. The molecule has 142 valence electrons. The van der Waals surface area contributed by atoms with Crippen LogP contribution in [0, 0.1) is 0 Å². The van der Waals surface area contributed by atoms with Gasteiger partial charge in [0.2, 0.25) is 0 Å². The first-order valence-electron chi connectivity index (χ1n) is 8.99. The second-order valence-corrected chi connectivity index (χ2v) is 8.25. The first kappa shape index (κ1) is 19.3. The molecule has 3 rings (SSSR count). The number of amides is 2. The Labute approximate surface area is 162 Å². The summed E-state index contributed by atoms with van der Waals surface area (Å²) in [4.78, 5) is 38.6. The summed E-state index contributed by atoms with van der Waals surface area (Å²) < 4.78 is 0. The number of nitrogens with one attached hydrogen (secondary N) is 2. The molecule has 0 radical (unpaired) electrons. The highest BCUT2D eigenvalue weighted by molar-refractivity contribution is 7.17. The van der Waals surface area contributed by atoms with Crippen molar-refractivity contribution >= 4 is 33.9 Å². The van der Waals surface area contributed by atoms with Crippen molar-refractivity contribution in [2.45, 2.75) is 39.8 Å². The lowest BCUT2D eigenvalue weighted by atomic mass is 10.0. The van der Waals surface area contributed by atoms with E-state index >= 15 is 0 Å². The van der Waals surface area contributed by atoms with Gasteiger partial charge in [0.05, 0.1) is 23.0 Å². The Morgan fingerprint density at radius 1 is 1.15 bits per heavy atom. The second kappa shape index (κ2) is 7.62. The van der Waals surface area contributed by atoms with Crippen LogP contribution in [0.4, 0.5) is 5.00 Å². The third-order valence-electron chi connectivity index (χ3n) is 5.02. The van der Waals surface area contributed by atoms with E-state index in [-0.39, 0.29) is 11.7 Å². The Morgan fingerprint density at radius 2 is 1.78 bits per heavy atom. The van der Waals surface area contributed by atoms with Gasteiger partial charge in [0.25, 0.3) is 11.8 Å². The van der Waals surface area contributed by atoms with Crippen LogP contribution in [0.5, 0.6) is 0 Å². The van der Waals surface area contributed by atoms with E-state index in [0.29, 0.717) is 27.7 Å². The minimum absolute atomic E-state index is 0.0545. The van der Waals surface area contributed by atoms with E-state index in [1.165, 1.54) is 23.2 Å². The predicted octanol–water partition coefficient (Wildman–Crippen LogP) is 1.65. The summed E-state index contributed by atoms with van der Waals surface area (Å²) in [7, 11) is 0. The topological polar surface area (TPSA) is 93.7 Å². The fourth-order valence-corrected chi connectivity index (χ4v) is 4.67. The summed E-state index contributed by atoms with van der Waals surface area (Å²) in [6, 6.07) is 6.95. The second-order valence-electron chi connectivity index (χ2n) is 7.15. The molecule has 1 atom stereocenters. The zero-order valence-electron chi connectivity index (χ0n) is 15.7. The van der Waals surface area contributed by atoms with Crippen molar-refractivity contribution in [2.24, 2.45) is 5.73 Å². The average molecular weight is 386 g/mol. The Kier molecular flexibility index (Phi) is 5.43. The van der Waals surface area contributed by atoms with Crippen LogP contribution in [0.2, 0.25) is 0 Å². The molecule has 0 aliphatic carbocycles. The van der Waals surface area contributed by atoms with Gasteiger partial charge < -0.3 is 16.0 Å². The number of carbonyl (C=O) groups excluding carboxylic acids is 3. The quantitative estimate of drug-likeness (QED) is 0.682. The summed E-state index contributed by atoms with van der Waals surface area (Å²) in [5, 5.41) is 3.35. The maximum Gasteiger partial charge on any atom is 0.256 e. The number of fused-ring (bicyclic) bond motifs is 1. The molecule has 0 spiro atoms. The third kappa shape index (κ3) is 3.94. The molecule has 2 amide bonds. The van der Waals surface area contributed by atoms with Gasteiger partial charge in [-0.3, -0.25) is 14.4 Å². The number of hydrogen-bond donors (Lipinski definition) is 3. The molecule has 6 nitrogen and oxygen atoms in total. The molecule has 27 heavy (non-hydrogen) atoms.